The number of fused-ring (bicyclic) bond motifs is 1. The van der Waals surface area contributed by atoms with Crippen LogP contribution in [-0.2, 0) is 23.9 Å². The number of pyridine rings is 1. The minimum atomic E-state index is -0.914. The third-order valence-corrected chi connectivity index (χ3v) is 6.77. The van der Waals surface area contributed by atoms with Crippen molar-refractivity contribution in [1.29, 1.82) is 0 Å². The number of aromatic nitrogens is 1. The molecule has 3 amide bonds. The average Bonchev–Trinajstić information content (AvgIpc) is 2.93. The summed E-state index contributed by atoms with van der Waals surface area (Å²) in [7, 11) is 0. The standard InChI is InChI=1S/C31H43N5O6/c1-9-21-12-13-22-14-15-23(33-25(22)17-21)20(5)41-29(39)24-11-10-16-36(35-24)28(38)19(4)32-27(37)26(18(2)3)34-30(40)42-31(6,7)8/h9,12-15,17-20,24,26,35H,1,10-11,16H2,2-8H3,(H,32,37)(H,34,40)/t19?,20-,24?,26+/m1/s1. The number of benzene rings is 1. The van der Waals surface area contributed by atoms with Crippen LogP contribution in [0.4, 0.5) is 4.79 Å². The van der Waals surface area contributed by atoms with E-state index in [1.165, 1.54) is 5.01 Å². The number of esters is 1. The van der Waals surface area contributed by atoms with Crippen LogP contribution in [0.2, 0.25) is 0 Å². The Hall–Kier alpha value is -3.99. The third-order valence-electron chi connectivity index (χ3n) is 6.77. The second kappa shape index (κ2) is 13.8. The minimum Gasteiger partial charge on any atom is -0.455 e. The molecule has 11 heteroatoms. The topological polar surface area (TPSA) is 139 Å². The van der Waals surface area contributed by atoms with Gasteiger partial charge in [-0.05, 0) is 71.1 Å². The molecular weight excluding hydrogens is 538 g/mol. The summed E-state index contributed by atoms with van der Waals surface area (Å²) in [6.07, 6.45) is 1.48. The second-order valence-electron chi connectivity index (χ2n) is 11.9. The Kier molecular flexibility index (Phi) is 10.7. The number of ether oxygens (including phenoxy) is 2. The molecule has 4 atom stereocenters. The van der Waals surface area contributed by atoms with Crippen LogP contribution in [0.3, 0.4) is 0 Å². The van der Waals surface area contributed by atoms with Crippen molar-refractivity contribution in [2.45, 2.75) is 91.1 Å². The highest BCUT2D eigenvalue weighted by Crippen LogP contribution is 2.22. The number of nitrogens with one attached hydrogen (secondary N) is 3. The van der Waals surface area contributed by atoms with Gasteiger partial charge in [0.25, 0.3) is 5.91 Å². The molecule has 1 saturated heterocycles. The first-order chi connectivity index (χ1) is 19.7. The third kappa shape index (κ3) is 8.75. The molecule has 3 N–H and O–H groups in total. The maximum absolute atomic E-state index is 13.2. The van der Waals surface area contributed by atoms with Crippen molar-refractivity contribution in [3.8, 4) is 0 Å². The molecule has 1 aromatic heterocycles. The lowest BCUT2D eigenvalue weighted by Crippen LogP contribution is -2.61. The smallest absolute Gasteiger partial charge is 0.408 e. The molecule has 2 unspecified atom stereocenters. The highest BCUT2D eigenvalue weighted by molar-refractivity contribution is 5.91. The van der Waals surface area contributed by atoms with Gasteiger partial charge in [-0.15, -0.1) is 0 Å². The SMILES string of the molecule is C=Cc1ccc2ccc([C@@H](C)OC(=O)C3CCCN(C(=O)C(C)NC(=O)[C@@H](NC(=O)OC(C)(C)C)C(C)C)N3)nc2c1. The van der Waals surface area contributed by atoms with Gasteiger partial charge in [-0.3, -0.25) is 19.4 Å². The molecular formula is C31H43N5O6. The predicted molar refractivity (Wildman–Crippen MR) is 160 cm³/mol. The number of nitrogens with zero attached hydrogens (tertiary/aromatic N) is 2. The Labute approximate surface area is 247 Å². The summed E-state index contributed by atoms with van der Waals surface area (Å²) in [5.41, 5.74) is 4.56. The first-order valence-electron chi connectivity index (χ1n) is 14.3. The van der Waals surface area contributed by atoms with E-state index in [2.05, 4.69) is 27.6 Å². The van der Waals surface area contributed by atoms with Crippen molar-refractivity contribution in [1.82, 2.24) is 26.1 Å². The summed E-state index contributed by atoms with van der Waals surface area (Å²) in [5.74, 6) is -1.68. The van der Waals surface area contributed by atoms with Crippen LogP contribution >= 0.6 is 0 Å². The molecule has 0 radical (unpaired) electrons. The molecule has 0 aliphatic carbocycles. The number of hydrazine groups is 1. The van der Waals surface area contributed by atoms with Crippen LogP contribution < -0.4 is 16.1 Å². The van der Waals surface area contributed by atoms with Gasteiger partial charge in [0.1, 0.15) is 29.8 Å². The van der Waals surface area contributed by atoms with Crippen molar-refractivity contribution in [2.75, 3.05) is 6.54 Å². The molecule has 0 spiro atoms. The largest absolute Gasteiger partial charge is 0.455 e. The molecule has 228 valence electrons. The van der Waals surface area contributed by atoms with Crippen LogP contribution in [0, 0.1) is 5.92 Å². The molecule has 11 nitrogen and oxygen atoms in total. The molecule has 42 heavy (non-hydrogen) atoms. The Morgan fingerprint density at radius 2 is 1.79 bits per heavy atom. The van der Waals surface area contributed by atoms with E-state index in [0.717, 1.165) is 16.5 Å². The van der Waals surface area contributed by atoms with Gasteiger partial charge >= 0.3 is 12.1 Å². The monoisotopic (exact) mass is 581 g/mol. The molecule has 1 aromatic carbocycles. The van der Waals surface area contributed by atoms with Crippen molar-refractivity contribution >= 4 is 40.9 Å². The van der Waals surface area contributed by atoms with E-state index in [1.54, 1.807) is 54.5 Å². The first-order valence-corrected chi connectivity index (χ1v) is 14.3. The van der Waals surface area contributed by atoms with E-state index >= 15 is 0 Å². The summed E-state index contributed by atoms with van der Waals surface area (Å²) in [5, 5.41) is 7.56. The summed E-state index contributed by atoms with van der Waals surface area (Å²) < 4.78 is 11.0. The number of hydrogen-bond acceptors (Lipinski definition) is 8. The number of hydrogen-bond donors (Lipinski definition) is 3. The highest BCUT2D eigenvalue weighted by atomic mass is 16.6. The summed E-state index contributed by atoms with van der Waals surface area (Å²) in [4.78, 5) is 56.1. The molecule has 1 aliphatic rings. The zero-order valence-corrected chi connectivity index (χ0v) is 25.5. The highest BCUT2D eigenvalue weighted by Gasteiger charge is 2.34. The van der Waals surface area contributed by atoms with Crippen LogP contribution in [0.25, 0.3) is 17.0 Å². The van der Waals surface area contributed by atoms with Gasteiger partial charge in [0.15, 0.2) is 0 Å². The normalized spacial score (nSPS) is 17.6. The summed E-state index contributed by atoms with van der Waals surface area (Å²) >= 11 is 0. The van der Waals surface area contributed by atoms with Crippen molar-refractivity contribution in [2.24, 2.45) is 5.92 Å². The van der Waals surface area contributed by atoms with E-state index in [4.69, 9.17) is 9.47 Å². The lowest BCUT2D eigenvalue weighted by molar-refractivity contribution is -0.157. The predicted octanol–water partition coefficient (Wildman–Crippen LogP) is 4.03. The van der Waals surface area contributed by atoms with Crippen LogP contribution in [-0.4, -0.2) is 64.1 Å². The maximum atomic E-state index is 13.2. The Morgan fingerprint density at radius 3 is 2.43 bits per heavy atom. The molecule has 1 fully saturated rings. The van der Waals surface area contributed by atoms with Crippen molar-refractivity contribution in [3.05, 3.63) is 48.2 Å². The second-order valence-corrected chi connectivity index (χ2v) is 11.9. The van der Waals surface area contributed by atoms with Gasteiger partial charge in [0, 0.05) is 11.9 Å². The number of amides is 3. The average molecular weight is 582 g/mol. The first kappa shape index (κ1) is 32.5. The van der Waals surface area contributed by atoms with E-state index in [9.17, 15) is 19.2 Å². The molecule has 0 bridgehead atoms. The van der Waals surface area contributed by atoms with Gasteiger partial charge in [-0.1, -0.05) is 44.7 Å². The fourth-order valence-electron chi connectivity index (χ4n) is 4.50. The van der Waals surface area contributed by atoms with E-state index in [1.807, 2.05) is 30.3 Å². The van der Waals surface area contributed by atoms with Gasteiger partial charge < -0.3 is 20.1 Å². The van der Waals surface area contributed by atoms with E-state index < -0.39 is 53.7 Å². The zero-order chi connectivity index (χ0) is 31.2. The zero-order valence-electron chi connectivity index (χ0n) is 25.5. The number of carbonyl (C=O) groups is 4. The number of carbonyl (C=O) groups excluding carboxylic acids is 4. The van der Waals surface area contributed by atoms with Crippen molar-refractivity contribution in [3.63, 3.8) is 0 Å². The fourth-order valence-corrected chi connectivity index (χ4v) is 4.50. The van der Waals surface area contributed by atoms with Gasteiger partial charge in [0.05, 0.1) is 11.2 Å². The molecule has 1 aliphatic heterocycles. The Balaban J connectivity index is 1.58. The van der Waals surface area contributed by atoms with E-state index in [0.29, 0.717) is 25.1 Å². The molecule has 2 heterocycles. The van der Waals surface area contributed by atoms with Gasteiger partial charge in [-0.2, -0.15) is 0 Å². The minimum absolute atomic E-state index is 0.254. The maximum Gasteiger partial charge on any atom is 0.408 e. The molecule has 3 rings (SSSR count). The molecule has 0 saturated carbocycles. The molecule has 2 aromatic rings. The lowest BCUT2D eigenvalue weighted by Gasteiger charge is -2.35. The van der Waals surface area contributed by atoms with Crippen LogP contribution in [0.1, 0.15) is 78.7 Å². The Morgan fingerprint density at radius 1 is 1.10 bits per heavy atom. The number of rotatable bonds is 9. The summed E-state index contributed by atoms with van der Waals surface area (Å²) in [6, 6.07) is 7.03. The number of alkyl carbamates (subject to hydrolysis) is 1. The van der Waals surface area contributed by atoms with E-state index in [-0.39, 0.29) is 5.92 Å². The van der Waals surface area contributed by atoms with Gasteiger partial charge in [0.2, 0.25) is 5.91 Å². The van der Waals surface area contributed by atoms with Crippen LogP contribution in [0.15, 0.2) is 36.9 Å². The Bertz CT molecular complexity index is 1320. The quantitative estimate of drug-likeness (QED) is 0.377. The summed E-state index contributed by atoms with van der Waals surface area (Å²) in [6.45, 7) is 16.2. The lowest BCUT2D eigenvalue weighted by atomic mass is 10.0. The van der Waals surface area contributed by atoms with Crippen LogP contribution in [0.5, 0.6) is 0 Å². The van der Waals surface area contributed by atoms with Crippen molar-refractivity contribution < 1.29 is 28.7 Å². The van der Waals surface area contributed by atoms with Gasteiger partial charge in [-0.25, -0.2) is 15.2 Å². The fraction of sp³-hybridized carbons (Fsp3) is 0.516.